The second-order valence-corrected chi connectivity index (χ2v) is 6.90. The molecule has 0 radical (unpaired) electrons. The van der Waals surface area contributed by atoms with Gasteiger partial charge < -0.3 is 15.4 Å². The lowest BCUT2D eigenvalue weighted by Crippen LogP contribution is -2.49. The van der Waals surface area contributed by atoms with Crippen molar-refractivity contribution in [2.75, 3.05) is 13.1 Å². The number of piperidine rings is 1. The van der Waals surface area contributed by atoms with Crippen molar-refractivity contribution in [2.24, 2.45) is 0 Å². The topological polar surface area (TPSA) is 50.4 Å². The molecule has 1 amide bonds. The van der Waals surface area contributed by atoms with Crippen molar-refractivity contribution in [1.29, 1.82) is 0 Å². The van der Waals surface area contributed by atoms with Gasteiger partial charge in [0, 0.05) is 18.4 Å². The Morgan fingerprint density at radius 3 is 2.82 bits per heavy atom. The Kier molecular flexibility index (Phi) is 4.39. The van der Waals surface area contributed by atoms with Crippen LogP contribution in [-0.4, -0.2) is 30.6 Å². The summed E-state index contributed by atoms with van der Waals surface area (Å²) in [4.78, 5) is 12.2. The molecule has 0 bridgehead atoms. The Balaban J connectivity index is 1.82. The molecule has 0 saturated carbocycles. The van der Waals surface area contributed by atoms with Crippen LogP contribution in [0, 0.1) is 0 Å². The average Bonchev–Trinajstić information content (AvgIpc) is 2.47. The molecule has 3 rings (SSSR count). The fourth-order valence-corrected chi connectivity index (χ4v) is 3.72. The summed E-state index contributed by atoms with van der Waals surface area (Å²) in [6.07, 6.45) is 3.53. The van der Waals surface area contributed by atoms with Crippen LogP contribution in [0.15, 0.2) is 24.3 Å². The number of para-hydroxylation sites is 1. The van der Waals surface area contributed by atoms with E-state index in [1.165, 1.54) is 5.56 Å². The van der Waals surface area contributed by atoms with Crippen molar-refractivity contribution >= 4 is 5.91 Å². The lowest BCUT2D eigenvalue weighted by molar-refractivity contribution is -0.122. The van der Waals surface area contributed by atoms with E-state index in [1.54, 1.807) is 0 Å². The van der Waals surface area contributed by atoms with E-state index in [-0.39, 0.29) is 23.5 Å². The lowest BCUT2D eigenvalue weighted by atomic mass is 9.76. The zero-order valence-electron chi connectivity index (χ0n) is 13.5. The van der Waals surface area contributed by atoms with Crippen LogP contribution in [0.2, 0.25) is 0 Å². The maximum Gasteiger partial charge on any atom is 0.220 e. The first-order chi connectivity index (χ1) is 10.6. The predicted octanol–water partition coefficient (Wildman–Crippen LogP) is 2.59. The summed E-state index contributed by atoms with van der Waals surface area (Å²) < 4.78 is 6.38. The fourth-order valence-electron chi connectivity index (χ4n) is 3.72. The molecule has 120 valence electrons. The van der Waals surface area contributed by atoms with Gasteiger partial charge in [0.25, 0.3) is 0 Å². The molecule has 1 aromatic carbocycles. The number of carbonyl (C=O) groups is 1. The molecule has 0 aromatic heterocycles. The number of fused-ring (bicyclic) bond motifs is 1. The molecular weight excluding hydrogens is 276 g/mol. The van der Waals surface area contributed by atoms with Crippen molar-refractivity contribution in [1.82, 2.24) is 10.6 Å². The normalized spacial score (nSPS) is 23.0. The first-order valence-electron chi connectivity index (χ1n) is 8.36. The molecule has 2 aliphatic heterocycles. The molecule has 22 heavy (non-hydrogen) atoms. The molecule has 1 spiro atoms. The number of rotatable bonds is 3. The smallest absolute Gasteiger partial charge is 0.220 e. The van der Waals surface area contributed by atoms with Crippen molar-refractivity contribution in [3.8, 4) is 5.75 Å². The minimum absolute atomic E-state index is 0.0949. The van der Waals surface area contributed by atoms with E-state index in [0.29, 0.717) is 6.42 Å². The maximum atomic E-state index is 12.2. The molecule has 4 heteroatoms. The number of hydrogen-bond acceptors (Lipinski definition) is 3. The highest BCUT2D eigenvalue weighted by Gasteiger charge is 2.42. The largest absolute Gasteiger partial charge is 0.487 e. The minimum atomic E-state index is -0.0949. The number of carbonyl (C=O) groups excluding carboxylic acids is 1. The highest BCUT2D eigenvalue weighted by atomic mass is 16.5. The summed E-state index contributed by atoms with van der Waals surface area (Å²) in [6, 6.07) is 8.40. The summed E-state index contributed by atoms with van der Waals surface area (Å²) in [5.74, 6) is 1.36. The number of benzene rings is 1. The molecule has 2 aliphatic rings. The summed E-state index contributed by atoms with van der Waals surface area (Å²) in [5.41, 5.74) is 1.09. The van der Waals surface area contributed by atoms with Crippen LogP contribution in [0.4, 0.5) is 0 Å². The number of hydrogen-bond donors (Lipinski definition) is 2. The van der Waals surface area contributed by atoms with Crippen molar-refractivity contribution in [2.45, 2.75) is 57.1 Å². The molecule has 2 heterocycles. The third kappa shape index (κ3) is 3.27. The maximum absolute atomic E-state index is 12.2. The fraction of sp³-hybridized carbons (Fsp3) is 0.611. The molecule has 1 aromatic rings. The first kappa shape index (κ1) is 15.3. The number of amides is 1. The molecule has 0 unspecified atom stereocenters. The third-order valence-electron chi connectivity index (χ3n) is 4.70. The van der Waals surface area contributed by atoms with Gasteiger partial charge >= 0.3 is 0 Å². The Morgan fingerprint density at radius 1 is 1.36 bits per heavy atom. The molecule has 1 saturated heterocycles. The second-order valence-electron chi connectivity index (χ2n) is 6.90. The summed E-state index contributed by atoms with van der Waals surface area (Å²) in [6.45, 7) is 5.99. The van der Waals surface area contributed by atoms with Crippen molar-refractivity contribution in [3.05, 3.63) is 29.8 Å². The van der Waals surface area contributed by atoms with Crippen molar-refractivity contribution < 1.29 is 9.53 Å². The number of ether oxygens (including phenoxy) is 1. The molecule has 4 nitrogen and oxygen atoms in total. The SMILES string of the molecule is CC(C)NC(=O)C[C@H]1CC2(CCNCC2)Oc2ccccc21. The molecule has 1 fully saturated rings. The third-order valence-corrected chi connectivity index (χ3v) is 4.70. The summed E-state index contributed by atoms with van der Waals surface area (Å²) >= 11 is 0. The van der Waals surface area contributed by atoms with E-state index in [0.717, 1.165) is 38.1 Å². The Morgan fingerprint density at radius 2 is 2.09 bits per heavy atom. The highest BCUT2D eigenvalue weighted by molar-refractivity contribution is 5.77. The minimum Gasteiger partial charge on any atom is -0.487 e. The van der Waals surface area contributed by atoms with Crippen LogP contribution in [0.1, 0.15) is 51.0 Å². The van der Waals surface area contributed by atoms with Crippen LogP contribution in [-0.2, 0) is 4.79 Å². The van der Waals surface area contributed by atoms with Crippen LogP contribution >= 0.6 is 0 Å². The quantitative estimate of drug-likeness (QED) is 0.902. The van der Waals surface area contributed by atoms with Crippen LogP contribution in [0.5, 0.6) is 5.75 Å². The first-order valence-corrected chi connectivity index (χ1v) is 8.36. The molecule has 2 N–H and O–H groups in total. The van der Waals surface area contributed by atoms with Gasteiger partial charge in [-0.3, -0.25) is 4.79 Å². The summed E-state index contributed by atoms with van der Waals surface area (Å²) in [7, 11) is 0. The standard InChI is InChI=1S/C18H26N2O2/c1-13(2)20-17(21)11-14-12-18(7-9-19-10-8-18)22-16-6-4-3-5-15(14)16/h3-6,13-14,19H,7-12H2,1-2H3,(H,20,21)/t14-/m0/s1. The van der Waals surface area contributed by atoms with E-state index in [9.17, 15) is 4.79 Å². The Labute approximate surface area is 132 Å². The second kappa shape index (κ2) is 6.29. The number of nitrogens with one attached hydrogen (secondary N) is 2. The van der Waals surface area contributed by atoms with Gasteiger partial charge in [0.15, 0.2) is 0 Å². The van der Waals surface area contributed by atoms with Gasteiger partial charge in [0.1, 0.15) is 11.4 Å². The van der Waals surface area contributed by atoms with Crippen LogP contribution < -0.4 is 15.4 Å². The van der Waals surface area contributed by atoms with Gasteiger partial charge in [-0.15, -0.1) is 0 Å². The molecular formula is C18H26N2O2. The van der Waals surface area contributed by atoms with Gasteiger partial charge in [0.05, 0.1) is 0 Å². The van der Waals surface area contributed by atoms with E-state index >= 15 is 0 Å². The molecule has 0 aliphatic carbocycles. The van der Waals surface area contributed by atoms with E-state index in [4.69, 9.17) is 4.74 Å². The average molecular weight is 302 g/mol. The van der Waals surface area contributed by atoms with Gasteiger partial charge in [-0.1, -0.05) is 18.2 Å². The van der Waals surface area contributed by atoms with Crippen molar-refractivity contribution in [3.63, 3.8) is 0 Å². The van der Waals surface area contributed by atoms with Gasteiger partial charge in [0.2, 0.25) is 5.91 Å². The van der Waals surface area contributed by atoms with Gasteiger partial charge in [-0.25, -0.2) is 0 Å². The molecule has 1 atom stereocenters. The highest BCUT2D eigenvalue weighted by Crippen LogP contribution is 2.45. The zero-order chi connectivity index (χ0) is 15.6. The monoisotopic (exact) mass is 302 g/mol. The van der Waals surface area contributed by atoms with E-state index in [1.807, 2.05) is 32.0 Å². The van der Waals surface area contributed by atoms with E-state index < -0.39 is 0 Å². The van der Waals surface area contributed by atoms with Gasteiger partial charge in [-0.2, -0.15) is 0 Å². The van der Waals surface area contributed by atoms with Crippen LogP contribution in [0.25, 0.3) is 0 Å². The predicted molar refractivity (Wildman–Crippen MR) is 87.2 cm³/mol. The van der Waals surface area contributed by atoms with Gasteiger partial charge in [-0.05, 0) is 57.8 Å². The van der Waals surface area contributed by atoms with Crippen LogP contribution in [0.3, 0.4) is 0 Å². The zero-order valence-corrected chi connectivity index (χ0v) is 13.5. The Hall–Kier alpha value is -1.55. The lowest BCUT2D eigenvalue weighted by Gasteiger charge is -2.44. The Bertz CT molecular complexity index is 536. The summed E-state index contributed by atoms with van der Waals surface area (Å²) in [5, 5.41) is 6.42. The van der Waals surface area contributed by atoms with E-state index in [2.05, 4.69) is 16.7 Å².